The van der Waals surface area contributed by atoms with E-state index < -0.39 is 26.4 Å². The number of carbonyl (C=O) groups is 1. The highest BCUT2D eigenvalue weighted by Gasteiger charge is 2.26. The Bertz CT molecular complexity index is 1060. The topological polar surface area (TPSA) is 105 Å². The number of carbonyl (C=O) groups excluding carboxylic acids is 1. The zero-order valence-electron chi connectivity index (χ0n) is 14.0. The van der Waals surface area contributed by atoms with Crippen LogP contribution in [0.1, 0.15) is 16.2 Å². The van der Waals surface area contributed by atoms with Gasteiger partial charge < -0.3 is 5.32 Å². The quantitative estimate of drug-likeness (QED) is 0.694. The summed E-state index contributed by atoms with van der Waals surface area (Å²) >= 11 is 0. The molecule has 2 N–H and O–H groups in total. The molecule has 0 aliphatic carbocycles. The maximum Gasteiger partial charge on any atom is 0.341 e. The van der Waals surface area contributed by atoms with Gasteiger partial charge in [-0.1, -0.05) is 0 Å². The zero-order chi connectivity index (χ0) is 19.6. The molecule has 27 heavy (non-hydrogen) atoms. The summed E-state index contributed by atoms with van der Waals surface area (Å²) in [5.41, 5.74) is 1.40. The predicted octanol–water partition coefficient (Wildman–Crippen LogP) is 3.03. The van der Waals surface area contributed by atoms with E-state index >= 15 is 0 Å². The highest BCUT2D eigenvalue weighted by molar-refractivity contribution is 7.91. The van der Waals surface area contributed by atoms with Crippen molar-refractivity contribution >= 4 is 21.4 Å². The summed E-state index contributed by atoms with van der Waals surface area (Å²) in [6, 6.07) is 11.1. The van der Waals surface area contributed by atoms with Crippen LogP contribution >= 0.6 is 0 Å². The molecular weight excluding hydrogens is 378 g/mol. The average molecular weight is 392 g/mol. The number of nitrogens with zero attached hydrogens (tertiary/aromatic N) is 2. The molecule has 0 spiro atoms. The van der Waals surface area contributed by atoms with Gasteiger partial charge in [0, 0.05) is 16.8 Å². The molecule has 0 atom stereocenters. The van der Waals surface area contributed by atoms with Crippen LogP contribution < -0.4 is 5.32 Å². The van der Waals surface area contributed by atoms with Crippen molar-refractivity contribution < 1.29 is 22.0 Å². The number of sulfone groups is 1. The Balaban J connectivity index is 1.72. The molecule has 3 rings (SSSR count). The molecule has 10 heteroatoms. The molecule has 1 amide bonds. The van der Waals surface area contributed by atoms with Crippen LogP contribution in [0.15, 0.2) is 53.4 Å². The van der Waals surface area contributed by atoms with Gasteiger partial charge in [-0.15, -0.1) is 0 Å². The largest absolute Gasteiger partial charge is 0.341 e. The van der Waals surface area contributed by atoms with E-state index in [9.17, 15) is 22.0 Å². The Hall–Kier alpha value is -3.14. The molecular formula is C17H14F2N4O3S. The predicted molar refractivity (Wildman–Crippen MR) is 94.1 cm³/mol. The summed E-state index contributed by atoms with van der Waals surface area (Å²) in [7, 11) is -4.69. The van der Waals surface area contributed by atoms with Crippen molar-refractivity contribution in [2.45, 2.75) is 17.6 Å². The fraction of sp³-hybridized carbons (Fsp3) is 0.118. The molecule has 0 aliphatic rings. The summed E-state index contributed by atoms with van der Waals surface area (Å²) < 4.78 is 47.8. The number of aryl methyl sites for hydroxylation is 1. The van der Waals surface area contributed by atoms with Gasteiger partial charge in [-0.3, -0.25) is 9.89 Å². The van der Waals surface area contributed by atoms with Crippen LogP contribution in [0.25, 0.3) is 11.4 Å². The number of hydrogen-bond donors (Lipinski definition) is 2. The van der Waals surface area contributed by atoms with E-state index in [1.54, 1.807) is 31.2 Å². The van der Waals surface area contributed by atoms with E-state index in [0.29, 0.717) is 17.3 Å². The van der Waals surface area contributed by atoms with E-state index in [1.165, 1.54) is 12.1 Å². The molecule has 2 aromatic carbocycles. The van der Waals surface area contributed by atoms with Crippen LogP contribution in [0.3, 0.4) is 0 Å². The lowest BCUT2D eigenvalue weighted by molar-refractivity contribution is 0.102. The van der Waals surface area contributed by atoms with Crippen molar-refractivity contribution in [2.24, 2.45) is 0 Å². The van der Waals surface area contributed by atoms with Crippen LogP contribution in [0.2, 0.25) is 0 Å². The fourth-order valence-corrected chi connectivity index (χ4v) is 3.00. The molecule has 3 aromatic rings. The summed E-state index contributed by atoms with van der Waals surface area (Å²) in [5.74, 6) is -2.80. The van der Waals surface area contributed by atoms with Crippen molar-refractivity contribution in [2.75, 3.05) is 5.32 Å². The number of hydrogen-bond acceptors (Lipinski definition) is 5. The van der Waals surface area contributed by atoms with Crippen molar-refractivity contribution in [1.29, 1.82) is 0 Å². The number of rotatable bonds is 5. The molecule has 1 heterocycles. The van der Waals surface area contributed by atoms with Crippen molar-refractivity contribution in [1.82, 2.24) is 15.2 Å². The summed E-state index contributed by atoms with van der Waals surface area (Å²) in [6.07, 6.45) is 0. The first-order chi connectivity index (χ1) is 12.8. The highest BCUT2D eigenvalue weighted by atomic mass is 32.2. The van der Waals surface area contributed by atoms with Gasteiger partial charge in [-0.2, -0.15) is 13.9 Å². The summed E-state index contributed by atoms with van der Waals surface area (Å²) in [5, 5.41) is 9.41. The van der Waals surface area contributed by atoms with Crippen molar-refractivity contribution in [3.05, 3.63) is 59.9 Å². The lowest BCUT2D eigenvalue weighted by atomic mass is 10.1. The third-order valence-electron chi connectivity index (χ3n) is 3.68. The molecule has 0 unspecified atom stereocenters. The third kappa shape index (κ3) is 4.00. The van der Waals surface area contributed by atoms with E-state index in [1.807, 2.05) is 0 Å². The van der Waals surface area contributed by atoms with Gasteiger partial charge in [0.15, 0.2) is 5.82 Å². The van der Waals surface area contributed by atoms with Gasteiger partial charge in [-0.05, 0) is 55.5 Å². The second kappa shape index (κ2) is 7.23. The number of benzene rings is 2. The second-order valence-corrected chi connectivity index (χ2v) is 7.52. The van der Waals surface area contributed by atoms with Gasteiger partial charge in [0.1, 0.15) is 5.82 Å². The van der Waals surface area contributed by atoms with Crippen LogP contribution in [-0.4, -0.2) is 35.3 Å². The summed E-state index contributed by atoms with van der Waals surface area (Å²) in [6.45, 7) is 1.78. The number of aromatic amines is 1. The number of nitrogens with one attached hydrogen (secondary N) is 2. The Morgan fingerprint density at radius 1 is 1.07 bits per heavy atom. The number of alkyl halides is 2. The van der Waals surface area contributed by atoms with Gasteiger partial charge in [0.25, 0.3) is 5.91 Å². The zero-order valence-corrected chi connectivity index (χ0v) is 14.8. The molecule has 0 aliphatic heterocycles. The number of halogens is 2. The number of H-pyrrole nitrogens is 1. The molecule has 0 radical (unpaired) electrons. The first-order valence-corrected chi connectivity index (χ1v) is 9.25. The lowest BCUT2D eigenvalue weighted by Crippen LogP contribution is -2.14. The monoisotopic (exact) mass is 392 g/mol. The highest BCUT2D eigenvalue weighted by Crippen LogP contribution is 2.20. The Kier molecular flexibility index (Phi) is 5.00. The maximum absolute atomic E-state index is 12.5. The Labute approximate surface area is 153 Å². The van der Waals surface area contributed by atoms with Crippen LogP contribution in [-0.2, 0) is 9.84 Å². The first kappa shape index (κ1) is 18.6. The van der Waals surface area contributed by atoms with Crippen LogP contribution in [0.5, 0.6) is 0 Å². The van der Waals surface area contributed by atoms with E-state index in [-0.39, 0.29) is 5.56 Å². The number of anilines is 1. The molecule has 140 valence electrons. The maximum atomic E-state index is 12.5. The minimum atomic E-state index is -4.69. The van der Waals surface area contributed by atoms with Gasteiger partial charge in [-0.25, -0.2) is 13.4 Å². The number of aromatic nitrogens is 3. The fourth-order valence-electron chi connectivity index (χ4n) is 2.28. The lowest BCUT2D eigenvalue weighted by Gasteiger charge is -2.07. The molecule has 0 saturated carbocycles. The second-order valence-electron chi connectivity index (χ2n) is 5.61. The van der Waals surface area contributed by atoms with Gasteiger partial charge in [0.2, 0.25) is 9.84 Å². The Morgan fingerprint density at radius 2 is 1.70 bits per heavy atom. The minimum Gasteiger partial charge on any atom is -0.322 e. The SMILES string of the molecule is Cc1nc(-c2ccc(NC(=O)c3ccc(S(=O)(=O)C(F)F)cc3)cc2)n[nH]1. The summed E-state index contributed by atoms with van der Waals surface area (Å²) in [4.78, 5) is 15.9. The van der Waals surface area contributed by atoms with Gasteiger partial charge in [0.05, 0.1) is 4.90 Å². The van der Waals surface area contributed by atoms with Crippen molar-refractivity contribution in [3.8, 4) is 11.4 Å². The first-order valence-electron chi connectivity index (χ1n) is 7.70. The molecule has 1 aromatic heterocycles. The van der Waals surface area contributed by atoms with Crippen LogP contribution in [0, 0.1) is 6.92 Å². The third-order valence-corrected chi connectivity index (χ3v) is 5.08. The van der Waals surface area contributed by atoms with Crippen LogP contribution in [0.4, 0.5) is 14.5 Å². The van der Waals surface area contributed by atoms with Crippen molar-refractivity contribution in [3.63, 3.8) is 0 Å². The van der Waals surface area contributed by atoms with Gasteiger partial charge >= 0.3 is 5.76 Å². The Morgan fingerprint density at radius 3 is 2.22 bits per heavy atom. The number of amides is 1. The van der Waals surface area contributed by atoms with E-state index in [4.69, 9.17) is 0 Å². The van der Waals surface area contributed by atoms with E-state index in [2.05, 4.69) is 20.5 Å². The molecule has 0 bridgehead atoms. The smallest absolute Gasteiger partial charge is 0.322 e. The molecule has 7 nitrogen and oxygen atoms in total. The normalized spacial score (nSPS) is 11.6. The molecule has 0 saturated heterocycles. The van der Waals surface area contributed by atoms with E-state index in [0.717, 1.165) is 17.7 Å². The minimum absolute atomic E-state index is 0.136. The molecule has 0 fully saturated rings. The average Bonchev–Trinajstić information content (AvgIpc) is 3.08. The standard InChI is InChI=1S/C17H14F2N4O3S/c1-10-20-15(23-22-10)11-2-6-13(7-3-11)21-16(24)12-4-8-14(9-5-12)27(25,26)17(18)19/h2-9,17H,1H3,(H,21,24)(H,20,22,23).